The summed E-state index contributed by atoms with van der Waals surface area (Å²) in [5, 5.41) is 11.8. The van der Waals surface area contributed by atoms with Crippen molar-refractivity contribution in [1.29, 1.82) is 0 Å². The van der Waals surface area contributed by atoms with Gasteiger partial charge in [0, 0.05) is 30.7 Å². The zero-order valence-electron chi connectivity index (χ0n) is 17.6. The SMILES string of the molecule is Cc1ccc(-c2nnc(SCC(=O)NCC3(N4CCOCC4)CCCCC3)o2)cc1. The van der Waals surface area contributed by atoms with Crippen molar-refractivity contribution in [2.75, 3.05) is 38.6 Å². The minimum Gasteiger partial charge on any atom is -0.411 e. The third-order valence-corrected chi connectivity index (χ3v) is 6.93. The summed E-state index contributed by atoms with van der Waals surface area (Å²) in [6.45, 7) is 6.21. The molecular weight excluding hydrogens is 400 g/mol. The monoisotopic (exact) mass is 430 g/mol. The van der Waals surface area contributed by atoms with E-state index in [-0.39, 0.29) is 17.2 Å². The van der Waals surface area contributed by atoms with Crippen LogP contribution in [0.4, 0.5) is 0 Å². The van der Waals surface area contributed by atoms with Crippen LogP contribution in [0.5, 0.6) is 0 Å². The summed E-state index contributed by atoms with van der Waals surface area (Å²) in [7, 11) is 0. The van der Waals surface area contributed by atoms with Gasteiger partial charge in [0.05, 0.1) is 19.0 Å². The molecule has 1 saturated heterocycles. The molecule has 2 aromatic rings. The van der Waals surface area contributed by atoms with Crippen molar-refractivity contribution in [3.05, 3.63) is 29.8 Å². The Labute approximate surface area is 181 Å². The van der Waals surface area contributed by atoms with Crippen molar-refractivity contribution in [1.82, 2.24) is 20.4 Å². The lowest BCUT2D eigenvalue weighted by Crippen LogP contribution is -2.59. The standard InChI is InChI=1S/C22H30N4O3S/c1-17-5-7-18(8-6-17)20-24-25-21(29-20)30-15-19(27)23-16-22(9-3-2-4-10-22)26-11-13-28-14-12-26/h5-8H,2-4,9-16H2,1H3,(H,23,27). The van der Waals surface area contributed by atoms with Gasteiger partial charge in [-0.3, -0.25) is 9.69 Å². The number of benzene rings is 1. The van der Waals surface area contributed by atoms with Crippen LogP contribution in [0.1, 0.15) is 37.7 Å². The lowest BCUT2D eigenvalue weighted by Gasteiger charge is -2.48. The van der Waals surface area contributed by atoms with E-state index in [1.54, 1.807) is 0 Å². The molecule has 30 heavy (non-hydrogen) atoms. The zero-order valence-corrected chi connectivity index (χ0v) is 18.4. The molecule has 0 spiro atoms. The number of aromatic nitrogens is 2. The Morgan fingerprint density at radius 3 is 2.60 bits per heavy atom. The first kappa shape index (κ1) is 21.3. The highest BCUT2D eigenvalue weighted by molar-refractivity contribution is 7.99. The Morgan fingerprint density at radius 2 is 1.87 bits per heavy atom. The summed E-state index contributed by atoms with van der Waals surface area (Å²) >= 11 is 1.28. The van der Waals surface area contributed by atoms with Crippen molar-refractivity contribution >= 4 is 17.7 Å². The average molecular weight is 431 g/mol. The van der Waals surface area contributed by atoms with E-state index in [2.05, 4.69) is 20.4 Å². The molecule has 2 heterocycles. The van der Waals surface area contributed by atoms with Crippen LogP contribution < -0.4 is 5.32 Å². The second-order valence-electron chi connectivity index (χ2n) is 8.19. The molecular formula is C22H30N4O3S. The van der Waals surface area contributed by atoms with Gasteiger partial charge >= 0.3 is 0 Å². The smallest absolute Gasteiger partial charge is 0.277 e. The van der Waals surface area contributed by atoms with E-state index in [0.29, 0.717) is 17.7 Å². The van der Waals surface area contributed by atoms with Gasteiger partial charge in [-0.1, -0.05) is 48.7 Å². The number of thioether (sulfide) groups is 1. The molecule has 7 nitrogen and oxygen atoms in total. The fourth-order valence-corrected chi connectivity index (χ4v) is 4.97. The Morgan fingerprint density at radius 1 is 1.13 bits per heavy atom. The number of hydrogen-bond donors (Lipinski definition) is 1. The van der Waals surface area contributed by atoms with E-state index in [9.17, 15) is 4.79 Å². The third-order valence-electron chi connectivity index (χ3n) is 6.11. The number of morpholine rings is 1. The summed E-state index contributed by atoms with van der Waals surface area (Å²) in [4.78, 5) is 15.1. The molecule has 0 atom stereocenters. The Hall–Kier alpha value is -1.90. The molecule has 162 valence electrons. The maximum atomic E-state index is 12.5. The fourth-order valence-electron chi connectivity index (χ4n) is 4.37. The molecule has 1 amide bonds. The molecule has 1 aliphatic heterocycles. The average Bonchev–Trinajstić information content (AvgIpc) is 3.27. The Bertz CT molecular complexity index is 827. The van der Waals surface area contributed by atoms with Gasteiger partial charge in [-0.05, 0) is 31.9 Å². The molecule has 1 aromatic heterocycles. The fraction of sp³-hybridized carbons (Fsp3) is 0.591. The van der Waals surface area contributed by atoms with Gasteiger partial charge in [0.1, 0.15) is 0 Å². The molecule has 1 saturated carbocycles. The quantitative estimate of drug-likeness (QED) is 0.675. The predicted octanol–water partition coefficient (Wildman–Crippen LogP) is 3.29. The maximum absolute atomic E-state index is 12.5. The summed E-state index contributed by atoms with van der Waals surface area (Å²) in [5.74, 6) is 0.758. The van der Waals surface area contributed by atoms with E-state index in [1.807, 2.05) is 31.2 Å². The second kappa shape index (κ2) is 9.94. The number of carbonyl (C=O) groups excluding carboxylic acids is 1. The number of ether oxygens (including phenoxy) is 1. The molecule has 2 aliphatic rings. The topological polar surface area (TPSA) is 80.5 Å². The minimum absolute atomic E-state index is 0.00768. The summed E-state index contributed by atoms with van der Waals surface area (Å²) < 4.78 is 11.2. The first-order valence-electron chi connectivity index (χ1n) is 10.8. The molecule has 1 aliphatic carbocycles. The van der Waals surface area contributed by atoms with Gasteiger partial charge in [-0.2, -0.15) is 0 Å². The maximum Gasteiger partial charge on any atom is 0.277 e. The number of nitrogens with one attached hydrogen (secondary N) is 1. The van der Waals surface area contributed by atoms with Crippen molar-refractivity contribution in [2.24, 2.45) is 0 Å². The van der Waals surface area contributed by atoms with E-state index in [1.165, 1.54) is 36.6 Å². The zero-order chi connectivity index (χ0) is 20.8. The van der Waals surface area contributed by atoms with Crippen LogP contribution in [-0.2, 0) is 9.53 Å². The number of carbonyl (C=O) groups is 1. The van der Waals surface area contributed by atoms with E-state index >= 15 is 0 Å². The number of rotatable bonds is 7. The van der Waals surface area contributed by atoms with Gasteiger partial charge in [-0.15, -0.1) is 10.2 Å². The summed E-state index contributed by atoms with van der Waals surface area (Å²) in [6.07, 6.45) is 6.03. The summed E-state index contributed by atoms with van der Waals surface area (Å²) in [6, 6.07) is 7.93. The Balaban J connectivity index is 1.29. The first-order chi connectivity index (χ1) is 14.6. The first-order valence-corrected chi connectivity index (χ1v) is 11.8. The third kappa shape index (κ3) is 5.22. The summed E-state index contributed by atoms with van der Waals surface area (Å²) in [5.41, 5.74) is 2.14. The van der Waals surface area contributed by atoms with Crippen LogP contribution in [0.15, 0.2) is 33.9 Å². The number of aryl methyl sites for hydroxylation is 1. The van der Waals surface area contributed by atoms with E-state index in [0.717, 1.165) is 44.7 Å². The highest BCUT2D eigenvalue weighted by Crippen LogP contribution is 2.34. The van der Waals surface area contributed by atoms with Gasteiger partial charge in [0.15, 0.2) is 0 Å². The molecule has 8 heteroatoms. The normalized spacial score (nSPS) is 19.5. The van der Waals surface area contributed by atoms with Gasteiger partial charge in [0.2, 0.25) is 11.8 Å². The minimum atomic E-state index is 0.00768. The highest BCUT2D eigenvalue weighted by atomic mass is 32.2. The molecule has 0 bridgehead atoms. The van der Waals surface area contributed by atoms with E-state index < -0.39 is 0 Å². The molecule has 0 radical (unpaired) electrons. The highest BCUT2D eigenvalue weighted by Gasteiger charge is 2.38. The van der Waals surface area contributed by atoms with Crippen LogP contribution in [0, 0.1) is 6.92 Å². The lowest BCUT2D eigenvalue weighted by atomic mass is 9.79. The number of amides is 1. The van der Waals surface area contributed by atoms with Crippen LogP contribution in [-0.4, -0.2) is 65.1 Å². The van der Waals surface area contributed by atoms with Gasteiger partial charge in [0.25, 0.3) is 5.22 Å². The van der Waals surface area contributed by atoms with Crippen molar-refractivity contribution in [3.63, 3.8) is 0 Å². The van der Waals surface area contributed by atoms with Crippen LogP contribution >= 0.6 is 11.8 Å². The van der Waals surface area contributed by atoms with Crippen LogP contribution in [0.25, 0.3) is 11.5 Å². The molecule has 0 unspecified atom stereocenters. The lowest BCUT2D eigenvalue weighted by molar-refractivity contribution is -0.119. The Kier molecular flexibility index (Phi) is 7.07. The molecule has 2 fully saturated rings. The van der Waals surface area contributed by atoms with E-state index in [4.69, 9.17) is 9.15 Å². The number of hydrogen-bond acceptors (Lipinski definition) is 7. The van der Waals surface area contributed by atoms with Gasteiger partial charge in [-0.25, -0.2) is 0 Å². The second-order valence-corrected chi connectivity index (χ2v) is 9.12. The van der Waals surface area contributed by atoms with Crippen molar-refractivity contribution in [2.45, 2.75) is 49.8 Å². The van der Waals surface area contributed by atoms with Crippen molar-refractivity contribution < 1.29 is 13.9 Å². The van der Waals surface area contributed by atoms with Crippen LogP contribution in [0.3, 0.4) is 0 Å². The largest absolute Gasteiger partial charge is 0.411 e. The molecule has 1 aromatic carbocycles. The molecule has 1 N–H and O–H groups in total. The predicted molar refractivity (Wildman–Crippen MR) is 116 cm³/mol. The van der Waals surface area contributed by atoms with Crippen LogP contribution in [0.2, 0.25) is 0 Å². The van der Waals surface area contributed by atoms with Gasteiger partial charge < -0.3 is 14.5 Å². The number of nitrogens with zero attached hydrogens (tertiary/aromatic N) is 3. The van der Waals surface area contributed by atoms with Crippen molar-refractivity contribution in [3.8, 4) is 11.5 Å². The molecule has 4 rings (SSSR count).